The quantitative estimate of drug-likeness (QED) is 0.621. The Morgan fingerprint density at radius 1 is 1.18 bits per heavy atom. The number of carboxylic acids is 2. The lowest BCUT2D eigenvalue weighted by molar-refractivity contribution is -0.144. The number of aliphatic hydroxyl groups is 1. The lowest BCUT2D eigenvalue weighted by Gasteiger charge is -2.25. The third-order valence-corrected chi connectivity index (χ3v) is 3.09. The molecule has 114 valence electrons. The number of benzene rings is 1. The van der Waals surface area contributed by atoms with Crippen LogP contribution in [0, 0.1) is 0 Å². The van der Waals surface area contributed by atoms with E-state index >= 15 is 0 Å². The number of hydrogen-bond donors (Lipinski definition) is 4. The van der Waals surface area contributed by atoms with E-state index in [1.54, 1.807) is 0 Å². The first-order valence-electron chi connectivity index (χ1n) is 6.13. The molecule has 1 aliphatic carbocycles. The van der Waals surface area contributed by atoms with Crippen molar-refractivity contribution in [2.45, 2.75) is 11.6 Å². The first-order valence-corrected chi connectivity index (χ1v) is 6.13. The fourth-order valence-electron chi connectivity index (χ4n) is 1.85. The second-order valence-corrected chi connectivity index (χ2v) is 4.53. The maximum Gasteiger partial charge on any atom is 0.340 e. The summed E-state index contributed by atoms with van der Waals surface area (Å²) in [6.45, 7) is 0. The Balaban J connectivity index is 2.36. The fourth-order valence-corrected chi connectivity index (χ4v) is 1.85. The van der Waals surface area contributed by atoms with Gasteiger partial charge in [-0.15, -0.1) is 0 Å². The van der Waals surface area contributed by atoms with Gasteiger partial charge in [0, 0.05) is 6.07 Å². The molecular weight excluding hydrogens is 292 g/mol. The molecule has 0 fully saturated rings. The second-order valence-electron chi connectivity index (χ2n) is 4.53. The molecule has 2 unspecified atom stereocenters. The van der Waals surface area contributed by atoms with E-state index in [0.29, 0.717) is 0 Å². The van der Waals surface area contributed by atoms with Crippen molar-refractivity contribution in [1.82, 2.24) is 0 Å². The molecule has 2 rings (SSSR count). The molecule has 8 heteroatoms. The zero-order valence-corrected chi connectivity index (χ0v) is 11.1. The van der Waals surface area contributed by atoms with Crippen molar-refractivity contribution in [3.05, 3.63) is 48.1 Å². The summed E-state index contributed by atoms with van der Waals surface area (Å²) in [7, 11) is 0. The van der Waals surface area contributed by atoms with Gasteiger partial charge >= 0.3 is 11.9 Å². The third kappa shape index (κ3) is 2.72. The van der Waals surface area contributed by atoms with Crippen LogP contribution < -0.4 is 0 Å². The van der Waals surface area contributed by atoms with Crippen LogP contribution in [0.5, 0.6) is 5.75 Å². The lowest BCUT2D eigenvalue weighted by atomic mass is 9.89. The highest BCUT2D eigenvalue weighted by Crippen LogP contribution is 2.28. The van der Waals surface area contributed by atoms with E-state index in [2.05, 4.69) is 10.2 Å². The molecule has 0 aliphatic heterocycles. The van der Waals surface area contributed by atoms with Crippen LogP contribution in [0.1, 0.15) is 10.4 Å². The lowest BCUT2D eigenvalue weighted by Crippen LogP contribution is -2.46. The summed E-state index contributed by atoms with van der Waals surface area (Å²) in [6.07, 6.45) is 3.96. The van der Waals surface area contributed by atoms with Crippen LogP contribution in [-0.4, -0.2) is 44.0 Å². The standard InChI is InChI=1S/C14H12N2O6/c17-10-7-8(4-5-9(10)12(19)20)15-16-14(13(21)22)6-2-1-3-11(14)18/h1-7,11,17-18H,(H,19,20)(H,21,22). The van der Waals surface area contributed by atoms with Gasteiger partial charge in [0.05, 0.1) is 5.69 Å². The summed E-state index contributed by atoms with van der Waals surface area (Å²) < 4.78 is 0. The number of carbonyl (C=O) groups is 2. The topological polar surface area (TPSA) is 140 Å². The molecule has 0 bridgehead atoms. The fraction of sp³-hybridized carbons (Fsp3) is 0.143. The van der Waals surface area contributed by atoms with Crippen molar-refractivity contribution in [3.8, 4) is 5.75 Å². The molecule has 0 radical (unpaired) electrons. The van der Waals surface area contributed by atoms with Gasteiger partial charge in [-0.2, -0.15) is 10.2 Å². The molecule has 0 spiro atoms. The van der Waals surface area contributed by atoms with Gasteiger partial charge in [-0.25, -0.2) is 9.59 Å². The Morgan fingerprint density at radius 3 is 2.45 bits per heavy atom. The molecule has 2 atom stereocenters. The molecule has 4 N–H and O–H groups in total. The van der Waals surface area contributed by atoms with Crippen LogP contribution in [0.25, 0.3) is 0 Å². The third-order valence-electron chi connectivity index (χ3n) is 3.09. The number of nitrogens with zero attached hydrogens (tertiary/aromatic N) is 2. The maximum atomic E-state index is 11.4. The van der Waals surface area contributed by atoms with E-state index in [1.165, 1.54) is 30.4 Å². The van der Waals surface area contributed by atoms with Crippen LogP contribution in [0.15, 0.2) is 52.7 Å². The molecule has 1 aromatic carbocycles. The summed E-state index contributed by atoms with van der Waals surface area (Å²) in [4.78, 5) is 22.2. The molecule has 8 nitrogen and oxygen atoms in total. The number of aromatic carboxylic acids is 1. The number of aliphatic hydroxyl groups excluding tert-OH is 1. The Hall–Kier alpha value is -3.00. The highest BCUT2D eigenvalue weighted by atomic mass is 16.4. The zero-order valence-electron chi connectivity index (χ0n) is 11.1. The average Bonchev–Trinajstić information content (AvgIpc) is 2.46. The minimum Gasteiger partial charge on any atom is -0.507 e. The highest BCUT2D eigenvalue weighted by molar-refractivity contribution is 5.91. The molecule has 0 saturated heterocycles. The summed E-state index contributed by atoms with van der Waals surface area (Å²) in [5, 5.41) is 44.8. The molecule has 0 amide bonds. The molecule has 0 aromatic heterocycles. The van der Waals surface area contributed by atoms with Gasteiger partial charge < -0.3 is 20.4 Å². The summed E-state index contributed by atoms with van der Waals surface area (Å²) in [5.74, 6) is -3.22. The van der Waals surface area contributed by atoms with Crippen LogP contribution >= 0.6 is 0 Å². The number of allylic oxidation sites excluding steroid dienone is 2. The van der Waals surface area contributed by atoms with E-state index in [0.717, 1.165) is 12.1 Å². The molecular formula is C14H12N2O6. The predicted molar refractivity (Wildman–Crippen MR) is 74.2 cm³/mol. The Morgan fingerprint density at radius 2 is 1.91 bits per heavy atom. The van der Waals surface area contributed by atoms with E-state index in [1.807, 2.05) is 0 Å². The van der Waals surface area contributed by atoms with Crippen LogP contribution in [0.3, 0.4) is 0 Å². The van der Waals surface area contributed by atoms with Gasteiger partial charge in [0.25, 0.3) is 0 Å². The summed E-state index contributed by atoms with van der Waals surface area (Å²) >= 11 is 0. The average molecular weight is 304 g/mol. The van der Waals surface area contributed by atoms with Crippen molar-refractivity contribution >= 4 is 17.6 Å². The second kappa shape index (κ2) is 5.78. The smallest absolute Gasteiger partial charge is 0.340 e. The van der Waals surface area contributed by atoms with Crippen molar-refractivity contribution in [2.24, 2.45) is 10.2 Å². The van der Waals surface area contributed by atoms with Crippen molar-refractivity contribution in [2.75, 3.05) is 0 Å². The SMILES string of the molecule is O=C(O)c1ccc(N=NC2(C(=O)O)C=CC=CC2O)cc1O. The summed E-state index contributed by atoms with van der Waals surface area (Å²) in [5.41, 5.74) is -2.22. The molecule has 22 heavy (non-hydrogen) atoms. The number of phenols is 1. The van der Waals surface area contributed by atoms with Crippen LogP contribution in [0.4, 0.5) is 5.69 Å². The Kier molecular flexibility index (Phi) is 4.04. The van der Waals surface area contributed by atoms with Gasteiger partial charge in [0.1, 0.15) is 17.4 Å². The predicted octanol–water partition coefficient (Wildman–Crippen LogP) is 1.48. The highest BCUT2D eigenvalue weighted by Gasteiger charge is 2.44. The number of aromatic hydroxyl groups is 1. The van der Waals surface area contributed by atoms with E-state index in [9.17, 15) is 24.9 Å². The van der Waals surface area contributed by atoms with Gasteiger partial charge in [0.15, 0.2) is 0 Å². The number of aliphatic carboxylic acids is 1. The van der Waals surface area contributed by atoms with Gasteiger partial charge in [0.2, 0.25) is 5.54 Å². The molecule has 0 saturated carbocycles. The number of azo groups is 1. The van der Waals surface area contributed by atoms with E-state index in [4.69, 9.17) is 5.11 Å². The monoisotopic (exact) mass is 304 g/mol. The van der Waals surface area contributed by atoms with Crippen molar-refractivity contribution < 1.29 is 30.0 Å². The number of carboxylic acid groups (broad SMARTS) is 2. The Labute approximate surface area is 124 Å². The maximum absolute atomic E-state index is 11.4. The van der Waals surface area contributed by atoms with Crippen molar-refractivity contribution in [1.29, 1.82) is 0 Å². The number of hydrogen-bond acceptors (Lipinski definition) is 6. The zero-order chi connectivity index (χ0) is 16.3. The first kappa shape index (κ1) is 15.4. The number of rotatable bonds is 4. The van der Waals surface area contributed by atoms with Gasteiger partial charge in [-0.05, 0) is 18.2 Å². The van der Waals surface area contributed by atoms with Crippen LogP contribution in [-0.2, 0) is 4.79 Å². The molecule has 1 aromatic rings. The Bertz CT molecular complexity index is 709. The minimum atomic E-state index is -1.96. The van der Waals surface area contributed by atoms with Crippen LogP contribution in [0.2, 0.25) is 0 Å². The summed E-state index contributed by atoms with van der Waals surface area (Å²) in [6, 6.07) is 3.42. The van der Waals surface area contributed by atoms with Crippen molar-refractivity contribution in [3.63, 3.8) is 0 Å². The van der Waals surface area contributed by atoms with E-state index in [-0.39, 0.29) is 11.3 Å². The minimum absolute atomic E-state index is 0.0540. The largest absolute Gasteiger partial charge is 0.507 e. The van der Waals surface area contributed by atoms with E-state index < -0.39 is 29.3 Å². The van der Waals surface area contributed by atoms with Gasteiger partial charge in [-0.3, -0.25) is 0 Å². The molecule has 1 aliphatic rings. The normalized spacial score (nSPS) is 23.8. The van der Waals surface area contributed by atoms with Gasteiger partial charge in [-0.1, -0.05) is 18.2 Å². The molecule has 0 heterocycles. The first-order chi connectivity index (χ1) is 10.4.